The summed E-state index contributed by atoms with van der Waals surface area (Å²) in [7, 11) is 1.91. The Morgan fingerprint density at radius 2 is 2.26 bits per heavy atom. The van der Waals surface area contributed by atoms with Crippen LogP contribution < -0.4 is 14.8 Å². The van der Waals surface area contributed by atoms with E-state index in [4.69, 9.17) is 21.1 Å². The fraction of sp³-hybridized carbons (Fsp3) is 0.333. The summed E-state index contributed by atoms with van der Waals surface area (Å²) in [6.45, 7) is 1.54. The molecular weight excluding hydrogens is 268 g/mol. The molecule has 0 unspecified atom stereocenters. The molecule has 2 aromatic rings. The Morgan fingerprint density at radius 3 is 3.05 bits per heavy atom. The molecule has 0 radical (unpaired) electrons. The van der Waals surface area contributed by atoms with Gasteiger partial charge in [0.05, 0.1) is 11.6 Å². The highest BCUT2D eigenvalue weighted by Gasteiger charge is 2.18. The summed E-state index contributed by atoms with van der Waals surface area (Å²) in [5.41, 5.74) is 1.04. The lowest BCUT2D eigenvalue weighted by atomic mass is 10.2. The van der Waals surface area contributed by atoms with Crippen molar-refractivity contribution in [3.8, 4) is 11.5 Å². The molecular formula is C12H13ClN4O2. The van der Waals surface area contributed by atoms with E-state index in [1.165, 1.54) is 0 Å². The van der Waals surface area contributed by atoms with Gasteiger partial charge in [0.1, 0.15) is 12.2 Å². The highest BCUT2D eigenvalue weighted by molar-refractivity contribution is 6.32. The summed E-state index contributed by atoms with van der Waals surface area (Å²) in [6.07, 6.45) is 1.68. The standard InChI is InChI=1S/C12H13ClN4O2/c1-17-6-15-16-11(17)5-14-4-8-2-9(13)12-10(3-8)18-7-19-12/h2-3,6,14H,4-5,7H2,1H3. The van der Waals surface area contributed by atoms with E-state index in [2.05, 4.69) is 15.5 Å². The lowest BCUT2D eigenvalue weighted by molar-refractivity contribution is 0.174. The summed E-state index contributed by atoms with van der Waals surface area (Å²) in [6, 6.07) is 3.80. The van der Waals surface area contributed by atoms with Gasteiger partial charge in [-0.15, -0.1) is 10.2 Å². The number of fused-ring (bicyclic) bond motifs is 1. The first-order valence-electron chi connectivity index (χ1n) is 5.85. The van der Waals surface area contributed by atoms with E-state index in [0.717, 1.165) is 11.4 Å². The second kappa shape index (κ2) is 5.07. The van der Waals surface area contributed by atoms with Crippen LogP contribution in [-0.4, -0.2) is 21.6 Å². The lowest BCUT2D eigenvalue weighted by Crippen LogP contribution is -2.15. The highest BCUT2D eigenvalue weighted by atomic mass is 35.5. The van der Waals surface area contributed by atoms with Gasteiger partial charge in [-0.05, 0) is 17.7 Å². The number of benzene rings is 1. The van der Waals surface area contributed by atoms with Crippen molar-refractivity contribution in [1.29, 1.82) is 0 Å². The predicted molar refractivity (Wildman–Crippen MR) is 69.1 cm³/mol. The molecule has 0 atom stereocenters. The zero-order valence-corrected chi connectivity index (χ0v) is 11.1. The van der Waals surface area contributed by atoms with E-state index in [9.17, 15) is 0 Å². The Kier molecular flexibility index (Phi) is 3.27. The molecule has 1 aromatic heterocycles. The van der Waals surface area contributed by atoms with Crippen molar-refractivity contribution in [3.63, 3.8) is 0 Å². The van der Waals surface area contributed by atoms with Crippen molar-refractivity contribution in [3.05, 3.63) is 34.9 Å². The topological polar surface area (TPSA) is 61.2 Å². The number of hydrogen-bond donors (Lipinski definition) is 1. The Balaban J connectivity index is 1.65. The Morgan fingerprint density at radius 1 is 1.37 bits per heavy atom. The highest BCUT2D eigenvalue weighted by Crippen LogP contribution is 2.39. The monoisotopic (exact) mass is 280 g/mol. The number of nitrogens with zero attached hydrogens (tertiary/aromatic N) is 3. The first-order chi connectivity index (χ1) is 9.24. The fourth-order valence-corrected chi connectivity index (χ4v) is 2.20. The molecule has 0 aliphatic carbocycles. The smallest absolute Gasteiger partial charge is 0.231 e. The van der Waals surface area contributed by atoms with Crippen molar-refractivity contribution in [2.24, 2.45) is 7.05 Å². The minimum Gasteiger partial charge on any atom is -0.454 e. The third-order valence-electron chi connectivity index (χ3n) is 2.90. The van der Waals surface area contributed by atoms with Crippen LogP contribution in [0.3, 0.4) is 0 Å². The van der Waals surface area contributed by atoms with Gasteiger partial charge in [0, 0.05) is 13.6 Å². The van der Waals surface area contributed by atoms with Crippen molar-refractivity contribution in [2.45, 2.75) is 13.1 Å². The van der Waals surface area contributed by atoms with Gasteiger partial charge >= 0.3 is 0 Å². The zero-order valence-electron chi connectivity index (χ0n) is 10.4. The van der Waals surface area contributed by atoms with Gasteiger partial charge in [0.25, 0.3) is 0 Å². The maximum Gasteiger partial charge on any atom is 0.231 e. The third-order valence-corrected chi connectivity index (χ3v) is 3.19. The normalized spacial score (nSPS) is 12.9. The van der Waals surface area contributed by atoms with Gasteiger partial charge in [0.2, 0.25) is 6.79 Å². The van der Waals surface area contributed by atoms with E-state index < -0.39 is 0 Å². The molecule has 1 N–H and O–H groups in total. The van der Waals surface area contributed by atoms with E-state index in [1.807, 2.05) is 23.7 Å². The number of aromatic nitrogens is 3. The lowest BCUT2D eigenvalue weighted by Gasteiger charge is -2.06. The summed E-state index contributed by atoms with van der Waals surface area (Å²) in [4.78, 5) is 0. The first-order valence-corrected chi connectivity index (χ1v) is 6.23. The average Bonchev–Trinajstić information content (AvgIpc) is 2.99. The van der Waals surface area contributed by atoms with Crippen molar-refractivity contribution >= 4 is 11.6 Å². The van der Waals surface area contributed by atoms with E-state index in [1.54, 1.807) is 6.33 Å². The quantitative estimate of drug-likeness (QED) is 0.919. The van der Waals surface area contributed by atoms with Gasteiger partial charge in [-0.2, -0.15) is 0 Å². The molecule has 19 heavy (non-hydrogen) atoms. The first kappa shape index (κ1) is 12.3. The van der Waals surface area contributed by atoms with E-state index in [0.29, 0.717) is 29.6 Å². The molecule has 0 fully saturated rings. The Hall–Kier alpha value is -1.79. The third kappa shape index (κ3) is 2.50. The second-order valence-electron chi connectivity index (χ2n) is 4.27. The van der Waals surface area contributed by atoms with Crippen LogP contribution in [-0.2, 0) is 20.1 Å². The molecule has 0 bridgehead atoms. The number of hydrogen-bond acceptors (Lipinski definition) is 5. The summed E-state index contributed by atoms with van der Waals surface area (Å²) >= 11 is 6.12. The Labute approximate surface area is 115 Å². The number of aryl methyl sites for hydroxylation is 1. The molecule has 0 spiro atoms. The predicted octanol–water partition coefficient (Wildman–Crippen LogP) is 1.49. The summed E-state index contributed by atoms with van der Waals surface area (Å²) in [5, 5.41) is 11.7. The molecule has 0 saturated heterocycles. The number of rotatable bonds is 4. The van der Waals surface area contributed by atoms with Crippen LogP contribution in [0.1, 0.15) is 11.4 Å². The molecule has 0 saturated carbocycles. The van der Waals surface area contributed by atoms with Crippen molar-refractivity contribution in [2.75, 3.05) is 6.79 Å². The van der Waals surface area contributed by atoms with Gasteiger partial charge in [-0.1, -0.05) is 11.6 Å². The number of ether oxygens (including phenoxy) is 2. The largest absolute Gasteiger partial charge is 0.454 e. The van der Waals surface area contributed by atoms with Crippen LogP contribution in [0.2, 0.25) is 5.02 Å². The maximum atomic E-state index is 6.12. The zero-order chi connectivity index (χ0) is 13.2. The van der Waals surface area contributed by atoms with Gasteiger partial charge in [-0.3, -0.25) is 0 Å². The van der Waals surface area contributed by atoms with Gasteiger partial charge in [-0.25, -0.2) is 0 Å². The number of halogens is 1. The van der Waals surface area contributed by atoms with Crippen LogP contribution in [0.15, 0.2) is 18.5 Å². The molecule has 100 valence electrons. The molecule has 2 heterocycles. The second-order valence-corrected chi connectivity index (χ2v) is 4.68. The van der Waals surface area contributed by atoms with Crippen LogP contribution >= 0.6 is 11.6 Å². The fourth-order valence-electron chi connectivity index (χ4n) is 1.91. The van der Waals surface area contributed by atoms with E-state index in [-0.39, 0.29) is 6.79 Å². The molecule has 1 aliphatic rings. The molecule has 3 rings (SSSR count). The molecule has 6 nitrogen and oxygen atoms in total. The maximum absolute atomic E-state index is 6.12. The van der Waals surface area contributed by atoms with Crippen LogP contribution in [0.4, 0.5) is 0 Å². The van der Waals surface area contributed by atoms with Gasteiger partial charge in [0.15, 0.2) is 11.5 Å². The summed E-state index contributed by atoms with van der Waals surface area (Å²) < 4.78 is 12.5. The van der Waals surface area contributed by atoms with Crippen LogP contribution in [0.5, 0.6) is 11.5 Å². The molecule has 1 aromatic carbocycles. The molecule has 0 amide bonds. The minimum atomic E-state index is 0.227. The Bertz CT molecular complexity index is 599. The minimum absolute atomic E-state index is 0.227. The molecule has 1 aliphatic heterocycles. The average molecular weight is 281 g/mol. The van der Waals surface area contributed by atoms with Gasteiger partial charge < -0.3 is 19.4 Å². The number of nitrogens with one attached hydrogen (secondary N) is 1. The van der Waals surface area contributed by atoms with Crippen LogP contribution in [0.25, 0.3) is 0 Å². The van der Waals surface area contributed by atoms with E-state index >= 15 is 0 Å². The van der Waals surface area contributed by atoms with Crippen molar-refractivity contribution < 1.29 is 9.47 Å². The van der Waals surface area contributed by atoms with Crippen molar-refractivity contribution in [1.82, 2.24) is 20.1 Å². The van der Waals surface area contributed by atoms with Crippen LogP contribution in [0, 0.1) is 0 Å². The summed E-state index contributed by atoms with van der Waals surface area (Å²) in [5.74, 6) is 2.20. The molecule has 7 heteroatoms. The SMILES string of the molecule is Cn1cnnc1CNCc1cc(Cl)c2c(c1)OCO2.